The van der Waals surface area contributed by atoms with Gasteiger partial charge < -0.3 is 4.90 Å². The van der Waals surface area contributed by atoms with Crippen molar-refractivity contribution in [2.75, 3.05) is 17.5 Å². The fraction of sp³-hybridized carbons (Fsp3) is 0.316. The van der Waals surface area contributed by atoms with Crippen LogP contribution in [0.1, 0.15) is 11.1 Å². The highest BCUT2D eigenvalue weighted by molar-refractivity contribution is 14.1. The van der Waals surface area contributed by atoms with Crippen LogP contribution in [-0.2, 0) is 21.4 Å². The fourth-order valence-electron chi connectivity index (χ4n) is 3.02. The van der Waals surface area contributed by atoms with Crippen molar-refractivity contribution in [3.63, 3.8) is 0 Å². The van der Waals surface area contributed by atoms with Crippen molar-refractivity contribution in [3.05, 3.63) is 65.7 Å². The summed E-state index contributed by atoms with van der Waals surface area (Å²) in [6.45, 7) is 2.71. The van der Waals surface area contributed by atoms with Crippen LogP contribution in [0, 0.1) is 6.92 Å². The molecule has 0 bridgehead atoms. The molecular formula is C19H21IN2O3S. The lowest BCUT2D eigenvalue weighted by Crippen LogP contribution is -2.58. The third kappa shape index (κ3) is 4.10. The second kappa shape index (κ2) is 8.06. The summed E-state index contributed by atoms with van der Waals surface area (Å²) in [5.74, 6) is -0.161. The third-order valence-corrected chi connectivity index (χ3v) is 7.43. The number of carbonyl (C=O) groups excluding carboxylic acids is 1. The van der Waals surface area contributed by atoms with Gasteiger partial charge in [0.15, 0.2) is 0 Å². The molecule has 2 aromatic rings. The smallest absolute Gasteiger partial charge is 0.243 e. The third-order valence-electron chi connectivity index (χ3n) is 4.50. The Labute approximate surface area is 168 Å². The number of sulfonamides is 1. The highest BCUT2D eigenvalue weighted by atomic mass is 127. The van der Waals surface area contributed by atoms with Crippen LogP contribution in [-0.4, -0.2) is 47.1 Å². The van der Waals surface area contributed by atoms with Crippen LogP contribution in [0.15, 0.2) is 59.5 Å². The van der Waals surface area contributed by atoms with Crippen molar-refractivity contribution in [2.45, 2.75) is 24.4 Å². The summed E-state index contributed by atoms with van der Waals surface area (Å²) in [4.78, 5) is 14.6. The number of rotatable bonds is 5. The van der Waals surface area contributed by atoms with Gasteiger partial charge in [-0.3, -0.25) is 4.79 Å². The van der Waals surface area contributed by atoms with E-state index in [-0.39, 0.29) is 23.4 Å². The minimum atomic E-state index is -3.69. The van der Waals surface area contributed by atoms with Crippen LogP contribution in [0.25, 0.3) is 0 Å². The standard InChI is InChI=1S/C19H21IN2O3S/c1-15-7-9-18(10-8-15)26(24,25)22-14-19(23)21(13-17(22)11-20)12-16-5-3-2-4-6-16/h2-10,17H,11-14H2,1H3. The number of nitrogens with zero attached hydrogens (tertiary/aromatic N) is 2. The zero-order valence-corrected chi connectivity index (χ0v) is 17.5. The minimum Gasteiger partial charge on any atom is -0.336 e. The number of carbonyl (C=O) groups is 1. The quantitative estimate of drug-likeness (QED) is 0.485. The van der Waals surface area contributed by atoms with Crippen molar-refractivity contribution >= 4 is 38.5 Å². The van der Waals surface area contributed by atoms with E-state index in [4.69, 9.17) is 0 Å². The molecule has 1 unspecified atom stereocenters. The molecule has 1 atom stereocenters. The first-order chi connectivity index (χ1) is 12.4. The van der Waals surface area contributed by atoms with Gasteiger partial charge in [-0.1, -0.05) is 70.6 Å². The van der Waals surface area contributed by atoms with E-state index in [1.54, 1.807) is 29.2 Å². The molecule has 5 nitrogen and oxygen atoms in total. The molecule has 0 aromatic heterocycles. The molecule has 138 valence electrons. The fourth-order valence-corrected chi connectivity index (χ4v) is 5.61. The van der Waals surface area contributed by atoms with E-state index < -0.39 is 10.0 Å². The molecule has 0 aliphatic carbocycles. The summed E-state index contributed by atoms with van der Waals surface area (Å²) in [7, 11) is -3.69. The molecule has 3 rings (SSSR count). The van der Waals surface area contributed by atoms with Crippen molar-refractivity contribution in [2.24, 2.45) is 0 Å². The molecule has 1 fully saturated rings. The Kier molecular flexibility index (Phi) is 5.99. The average molecular weight is 484 g/mol. The second-order valence-electron chi connectivity index (χ2n) is 6.43. The number of benzene rings is 2. The molecule has 0 radical (unpaired) electrons. The summed E-state index contributed by atoms with van der Waals surface area (Å²) < 4.78 is 28.0. The van der Waals surface area contributed by atoms with Gasteiger partial charge in [0.1, 0.15) is 0 Å². The lowest BCUT2D eigenvalue weighted by molar-refractivity contribution is -0.136. The van der Waals surface area contributed by atoms with Crippen LogP contribution in [0.2, 0.25) is 0 Å². The van der Waals surface area contributed by atoms with Crippen molar-refractivity contribution in [3.8, 4) is 0 Å². The molecule has 0 N–H and O–H groups in total. The van der Waals surface area contributed by atoms with Gasteiger partial charge in [0.05, 0.1) is 17.5 Å². The maximum absolute atomic E-state index is 13.0. The second-order valence-corrected chi connectivity index (χ2v) is 9.20. The maximum atomic E-state index is 13.0. The summed E-state index contributed by atoms with van der Waals surface area (Å²) in [5.41, 5.74) is 2.04. The van der Waals surface area contributed by atoms with E-state index in [0.29, 0.717) is 17.5 Å². The topological polar surface area (TPSA) is 57.7 Å². The van der Waals surface area contributed by atoms with Gasteiger partial charge >= 0.3 is 0 Å². The summed E-state index contributed by atoms with van der Waals surface area (Å²) >= 11 is 2.19. The van der Waals surface area contributed by atoms with Crippen molar-refractivity contribution in [1.29, 1.82) is 0 Å². The molecule has 1 aliphatic rings. The van der Waals surface area contributed by atoms with Crippen LogP contribution >= 0.6 is 22.6 Å². The number of hydrogen-bond donors (Lipinski definition) is 0. The van der Waals surface area contributed by atoms with Crippen molar-refractivity contribution in [1.82, 2.24) is 9.21 Å². The molecule has 0 spiro atoms. The molecule has 26 heavy (non-hydrogen) atoms. The number of halogens is 1. The average Bonchev–Trinajstić information content (AvgIpc) is 2.64. The Bertz CT molecular complexity index is 869. The lowest BCUT2D eigenvalue weighted by atomic mass is 10.1. The highest BCUT2D eigenvalue weighted by Crippen LogP contribution is 2.24. The summed E-state index contributed by atoms with van der Waals surface area (Å²) in [5, 5.41) is 0. The molecule has 1 amide bonds. The van der Waals surface area contributed by atoms with Crippen LogP contribution in [0.4, 0.5) is 0 Å². The predicted octanol–water partition coefficient (Wildman–Crippen LogP) is 2.83. The zero-order valence-electron chi connectivity index (χ0n) is 14.5. The van der Waals surface area contributed by atoms with Gasteiger partial charge in [-0.2, -0.15) is 4.31 Å². The van der Waals surface area contributed by atoms with Gasteiger partial charge in [0.25, 0.3) is 0 Å². The van der Waals surface area contributed by atoms with E-state index in [1.807, 2.05) is 37.3 Å². The van der Waals surface area contributed by atoms with E-state index >= 15 is 0 Å². The van der Waals surface area contributed by atoms with Gasteiger partial charge in [0, 0.05) is 17.5 Å². The number of alkyl halides is 1. The van der Waals surface area contributed by atoms with Crippen molar-refractivity contribution < 1.29 is 13.2 Å². The molecule has 1 heterocycles. The van der Waals surface area contributed by atoms with Gasteiger partial charge in [0.2, 0.25) is 15.9 Å². The van der Waals surface area contributed by atoms with Gasteiger partial charge in [-0.05, 0) is 24.6 Å². The first kappa shape index (κ1) is 19.3. The van der Waals surface area contributed by atoms with Crippen LogP contribution < -0.4 is 0 Å². The molecule has 0 saturated carbocycles. The van der Waals surface area contributed by atoms with Crippen LogP contribution in [0.3, 0.4) is 0 Å². The number of hydrogen-bond acceptors (Lipinski definition) is 3. The normalized spacial score (nSPS) is 18.9. The Morgan fingerprint density at radius 1 is 1.08 bits per heavy atom. The predicted molar refractivity (Wildman–Crippen MR) is 110 cm³/mol. The lowest BCUT2D eigenvalue weighted by Gasteiger charge is -2.39. The molecule has 2 aromatic carbocycles. The monoisotopic (exact) mass is 484 g/mol. The Morgan fingerprint density at radius 3 is 2.35 bits per heavy atom. The minimum absolute atomic E-state index is 0.114. The molecule has 1 aliphatic heterocycles. The SMILES string of the molecule is Cc1ccc(S(=O)(=O)N2CC(=O)N(Cc3ccccc3)CC2CI)cc1. The zero-order chi connectivity index (χ0) is 18.7. The van der Waals surface area contributed by atoms with E-state index in [9.17, 15) is 13.2 Å². The number of piperazine rings is 1. The van der Waals surface area contributed by atoms with Gasteiger partial charge in [-0.25, -0.2) is 8.42 Å². The highest BCUT2D eigenvalue weighted by Gasteiger charge is 2.39. The summed E-state index contributed by atoms with van der Waals surface area (Å²) in [6, 6.07) is 16.3. The maximum Gasteiger partial charge on any atom is 0.243 e. The molecule has 7 heteroatoms. The molecular weight excluding hydrogens is 463 g/mol. The molecule has 1 saturated heterocycles. The van der Waals surface area contributed by atoms with Crippen LogP contribution in [0.5, 0.6) is 0 Å². The first-order valence-corrected chi connectivity index (χ1v) is 11.3. The summed E-state index contributed by atoms with van der Waals surface area (Å²) in [6.07, 6.45) is 0. The number of aryl methyl sites for hydroxylation is 1. The Hall–Kier alpha value is -1.45. The van der Waals surface area contributed by atoms with E-state index in [0.717, 1.165) is 11.1 Å². The van der Waals surface area contributed by atoms with E-state index in [2.05, 4.69) is 22.6 Å². The van der Waals surface area contributed by atoms with E-state index in [1.165, 1.54) is 4.31 Å². The Morgan fingerprint density at radius 2 is 1.73 bits per heavy atom. The van der Waals surface area contributed by atoms with Gasteiger partial charge in [-0.15, -0.1) is 0 Å². The Balaban J connectivity index is 1.82. The number of amides is 1. The largest absolute Gasteiger partial charge is 0.336 e. The first-order valence-electron chi connectivity index (χ1n) is 8.38.